The summed E-state index contributed by atoms with van der Waals surface area (Å²) in [5.41, 5.74) is -1.07. The first-order valence-corrected chi connectivity index (χ1v) is 5.11. The number of halogens is 1. The van der Waals surface area contributed by atoms with Gasteiger partial charge in [-0.25, -0.2) is 9.18 Å². The van der Waals surface area contributed by atoms with E-state index in [0.717, 1.165) is 32.4 Å². The molecular formula is C12H11FO6. The number of carboxylic acids is 1. The maximum absolute atomic E-state index is 13.8. The van der Waals surface area contributed by atoms with E-state index in [4.69, 9.17) is 5.11 Å². The van der Waals surface area contributed by atoms with Crippen LogP contribution in [0, 0.1) is 5.82 Å². The van der Waals surface area contributed by atoms with E-state index < -0.39 is 40.8 Å². The van der Waals surface area contributed by atoms with Crippen molar-refractivity contribution in [3.8, 4) is 0 Å². The maximum Gasteiger partial charge on any atom is 0.336 e. The van der Waals surface area contributed by atoms with Crippen LogP contribution in [0.5, 0.6) is 0 Å². The van der Waals surface area contributed by atoms with E-state index in [1.165, 1.54) is 0 Å². The molecular weight excluding hydrogens is 259 g/mol. The third-order valence-electron chi connectivity index (χ3n) is 2.45. The molecule has 0 unspecified atom stereocenters. The highest BCUT2D eigenvalue weighted by atomic mass is 19.1. The standard InChI is InChI=1S/C12H11FO6/c1-18-11(16)9(12(17)19-2)8-6(10(14)15)4-3-5-7(8)13/h3-5,9H,1-2H3,(H,14,15). The van der Waals surface area contributed by atoms with Crippen LogP contribution in [0.25, 0.3) is 0 Å². The zero-order valence-corrected chi connectivity index (χ0v) is 10.2. The van der Waals surface area contributed by atoms with E-state index in [-0.39, 0.29) is 0 Å². The normalized spacial score (nSPS) is 10.1. The van der Waals surface area contributed by atoms with E-state index in [0.29, 0.717) is 0 Å². The summed E-state index contributed by atoms with van der Waals surface area (Å²) in [6.07, 6.45) is 0. The van der Waals surface area contributed by atoms with E-state index >= 15 is 0 Å². The lowest BCUT2D eigenvalue weighted by Gasteiger charge is -2.15. The number of aromatic carboxylic acids is 1. The van der Waals surface area contributed by atoms with Crippen LogP contribution in [-0.4, -0.2) is 37.2 Å². The van der Waals surface area contributed by atoms with Gasteiger partial charge in [0.2, 0.25) is 0 Å². The number of benzene rings is 1. The molecule has 1 aromatic rings. The van der Waals surface area contributed by atoms with E-state index in [1.54, 1.807) is 0 Å². The molecule has 0 atom stereocenters. The van der Waals surface area contributed by atoms with Gasteiger partial charge in [-0.1, -0.05) is 6.07 Å². The van der Waals surface area contributed by atoms with Gasteiger partial charge in [0.1, 0.15) is 5.82 Å². The quantitative estimate of drug-likeness (QED) is 0.647. The summed E-state index contributed by atoms with van der Waals surface area (Å²) < 4.78 is 22.5. The number of carbonyl (C=O) groups excluding carboxylic acids is 2. The smallest absolute Gasteiger partial charge is 0.336 e. The van der Waals surface area contributed by atoms with Crippen molar-refractivity contribution in [3.05, 3.63) is 35.1 Å². The van der Waals surface area contributed by atoms with Crippen LogP contribution >= 0.6 is 0 Å². The van der Waals surface area contributed by atoms with Crippen LogP contribution in [0.15, 0.2) is 18.2 Å². The topological polar surface area (TPSA) is 89.9 Å². The predicted octanol–water partition coefficient (Wildman–Crippen LogP) is 0.954. The zero-order chi connectivity index (χ0) is 14.6. The van der Waals surface area contributed by atoms with Crippen molar-refractivity contribution < 1.29 is 33.4 Å². The Bertz CT molecular complexity index is 509. The first kappa shape index (κ1) is 14.6. The molecule has 1 aromatic carbocycles. The van der Waals surface area contributed by atoms with Gasteiger partial charge in [-0.3, -0.25) is 9.59 Å². The van der Waals surface area contributed by atoms with Crippen molar-refractivity contribution in [1.29, 1.82) is 0 Å². The highest BCUT2D eigenvalue weighted by Gasteiger charge is 2.36. The van der Waals surface area contributed by atoms with Gasteiger partial charge < -0.3 is 14.6 Å². The number of hydrogen-bond donors (Lipinski definition) is 1. The van der Waals surface area contributed by atoms with Crippen LogP contribution in [-0.2, 0) is 19.1 Å². The molecule has 0 bridgehead atoms. The number of methoxy groups -OCH3 is 2. The third kappa shape index (κ3) is 2.87. The van der Waals surface area contributed by atoms with Crippen molar-refractivity contribution in [2.45, 2.75) is 5.92 Å². The second-order valence-electron chi connectivity index (χ2n) is 3.49. The summed E-state index contributed by atoms with van der Waals surface area (Å²) in [6.45, 7) is 0. The lowest BCUT2D eigenvalue weighted by atomic mass is 9.93. The molecule has 0 spiro atoms. The number of rotatable bonds is 4. The molecule has 0 aliphatic rings. The Kier molecular flexibility index (Phi) is 4.57. The summed E-state index contributed by atoms with van der Waals surface area (Å²) in [5.74, 6) is -6.44. The molecule has 0 aliphatic heterocycles. The fraction of sp³-hybridized carbons (Fsp3) is 0.250. The summed E-state index contributed by atoms with van der Waals surface area (Å²) in [7, 11) is 2.00. The third-order valence-corrected chi connectivity index (χ3v) is 2.45. The van der Waals surface area contributed by atoms with Gasteiger partial charge in [0, 0.05) is 5.56 Å². The lowest BCUT2D eigenvalue weighted by molar-refractivity contribution is -0.154. The van der Waals surface area contributed by atoms with Crippen LogP contribution in [0.4, 0.5) is 4.39 Å². The minimum Gasteiger partial charge on any atom is -0.478 e. The highest BCUT2D eigenvalue weighted by Crippen LogP contribution is 2.26. The molecule has 0 saturated carbocycles. The zero-order valence-electron chi connectivity index (χ0n) is 10.2. The molecule has 0 radical (unpaired) electrons. The highest BCUT2D eigenvalue weighted by molar-refractivity contribution is 6.04. The van der Waals surface area contributed by atoms with E-state index in [2.05, 4.69) is 9.47 Å². The van der Waals surface area contributed by atoms with Gasteiger partial charge in [-0.05, 0) is 12.1 Å². The summed E-state index contributed by atoms with van der Waals surface area (Å²) >= 11 is 0. The van der Waals surface area contributed by atoms with E-state index in [1.807, 2.05) is 0 Å². The van der Waals surface area contributed by atoms with Crippen LogP contribution in [0.2, 0.25) is 0 Å². The average Bonchev–Trinajstić information content (AvgIpc) is 2.39. The van der Waals surface area contributed by atoms with Gasteiger partial charge in [0.05, 0.1) is 19.8 Å². The fourth-order valence-electron chi connectivity index (χ4n) is 1.58. The van der Waals surface area contributed by atoms with Crippen molar-refractivity contribution in [2.75, 3.05) is 14.2 Å². The minimum absolute atomic E-state index is 0.499. The first-order valence-electron chi connectivity index (χ1n) is 5.11. The second-order valence-corrected chi connectivity index (χ2v) is 3.49. The summed E-state index contributed by atoms with van der Waals surface area (Å²) in [5, 5.41) is 8.98. The average molecular weight is 270 g/mol. The Labute approximate surface area is 107 Å². The number of hydrogen-bond acceptors (Lipinski definition) is 5. The maximum atomic E-state index is 13.8. The van der Waals surface area contributed by atoms with Crippen molar-refractivity contribution in [2.24, 2.45) is 0 Å². The van der Waals surface area contributed by atoms with Crippen LogP contribution < -0.4 is 0 Å². The van der Waals surface area contributed by atoms with Crippen LogP contribution in [0.3, 0.4) is 0 Å². The van der Waals surface area contributed by atoms with Gasteiger partial charge in [-0.15, -0.1) is 0 Å². The Morgan fingerprint density at radius 2 is 1.68 bits per heavy atom. The monoisotopic (exact) mass is 270 g/mol. The lowest BCUT2D eigenvalue weighted by Crippen LogP contribution is -2.27. The molecule has 0 fully saturated rings. The largest absolute Gasteiger partial charge is 0.478 e. The number of esters is 2. The molecule has 0 aromatic heterocycles. The Morgan fingerprint density at radius 1 is 1.16 bits per heavy atom. The van der Waals surface area contributed by atoms with Gasteiger partial charge in [-0.2, -0.15) is 0 Å². The summed E-state index contributed by atoms with van der Waals surface area (Å²) in [6, 6.07) is 3.19. The first-order chi connectivity index (χ1) is 8.93. The second kappa shape index (κ2) is 5.94. The molecule has 0 amide bonds. The SMILES string of the molecule is COC(=O)C(C(=O)OC)c1c(F)cccc1C(=O)O. The Hall–Kier alpha value is -2.44. The van der Waals surface area contributed by atoms with Crippen molar-refractivity contribution in [3.63, 3.8) is 0 Å². The number of ether oxygens (including phenoxy) is 2. The Morgan fingerprint density at radius 3 is 2.11 bits per heavy atom. The Balaban J connectivity index is 3.49. The molecule has 0 aliphatic carbocycles. The van der Waals surface area contributed by atoms with Gasteiger partial charge in [0.15, 0.2) is 5.92 Å². The number of carboxylic acid groups (broad SMARTS) is 1. The molecule has 1 rings (SSSR count). The van der Waals surface area contributed by atoms with Gasteiger partial charge >= 0.3 is 17.9 Å². The molecule has 0 saturated heterocycles. The van der Waals surface area contributed by atoms with Crippen molar-refractivity contribution >= 4 is 17.9 Å². The molecule has 1 N–H and O–H groups in total. The molecule has 6 nitrogen and oxygen atoms in total. The minimum atomic E-state index is -1.78. The molecule has 7 heteroatoms. The van der Waals surface area contributed by atoms with Crippen LogP contribution in [0.1, 0.15) is 21.8 Å². The summed E-state index contributed by atoms with van der Waals surface area (Å²) in [4.78, 5) is 34.1. The predicted molar refractivity (Wildman–Crippen MR) is 60.1 cm³/mol. The van der Waals surface area contributed by atoms with Crippen molar-refractivity contribution in [1.82, 2.24) is 0 Å². The van der Waals surface area contributed by atoms with Gasteiger partial charge in [0.25, 0.3) is 0 Å². The fourth-order valence-corrected chi connectivity index (χ4v) is 1.58. The molecule has 102 valence electrons. The number of carbonyl (C=O) groups is 3. The molecule has 0 heterocycles. The molecule has 19 heavy (non-hydrogen) atoms. The van der Waals surface area contributed by atoms with E-state index in [9.17, 15) is 18.8 Å².